The van der Waals surface area contributed by atoms with Crippen LogP contribution < -0.4 is 11.1 Å². The molecule has 2 N–H and O–H groups in total. The topological polar surface area (TPSA) is 119 Å². The van der Waals surface area contributed by atoms with Gasteiger partial charge in [0.1, 0.15) is 13.1 Å². The van der Waals surface area contributed by atoms with Crippen LogP contribution in [0.15, 0.2) is 82.6 Å². The molecule has 0 saturated carbocycles. The maximum absolute atomic E-state index is 13.4. The fraction of sp³-hybridized carbons (Fsp3) is 0.172. The van der Waals surface area contributed by atoms with Crippen molar-refractivity contribution in [1.29, 1.82) is 0 Å². The Hall–Kier alpha value is -4.72. The number of benzene rings is 2. The van der Waals surface area contributed by atoms with E-state index in [-0.39, 0.29) is 0 Å². The minimum absolute atomic E-state index is 0.301. The molecule has 0 aliphatic rings. The van der Waals surface area contributed by atoms with Crippen molar-refractivity contribution in [3.8, 4) is 22.3 Å². The standard InChI is InChI=1S/C29H26N2O6/c1-18-5-3-6-21(13-18)27-22(10-12-31(29(27)37)17-26(34)35)15-20-9-8-19(2)14-24(20)23-7-4-11-30(28(23)36)16-25(32)33/h3-14H,15-17H2,1-2H3,(H,32,33)(H,34,35). The van der Waals surface area contributed by atoms with Gasteiger partial charge in [-0.25, -0.2) is 0 Å². The number of carboxylic acid groups (broad SMARTS) is 2. The molecular formula is C29H26N2O6. The van der Waals surface area contributed by atoms with Crippen molar-refractivity contribution in [2.75, 3.05) is 0 Å². The molecule has 0 aliphatic carbocycles. The molecule has 0 aliphatic heterocycles. The first-order valence-corrected chi connectivity index (χ1v) is 11.7. The van der Waals surface area contributed by atoms with Crippen LogP contribution in [0.5, 0.6) is 0 Å². The highest BCUT2D eigenvalue weighted by atomic mass is 16.4. The molecule has 0 amide bonds. The van der Waals surface area contributed by atoms with Crippen molar-refractivity contribution >= 4 is 11.9 Å². The summed E-state index contributed by atoms with van der Waals surface area (Å²) >= 11 is 0. The second-order valence-electron chi connectivity index (χ2n) is 9.00. The molecule has 0 saturated heterocycles. The van der Waals surface area contributed by atoms with Crippen LogP contribution in [0.1, 0.15) is 22.3 Å². The quantitative estimate of drug-likeness (QED) is 0.382. The van der Waals surface area contributed by atoms with Gasteiger partial charge in [-0.05, 0) is 60.7 Å². The van der Waals surface area contributed by atoms with E-state index in [0.29, 0.717) is 34.2 Å². The largest absolute Gasteiger partial charge is 0.480 e. The van der Waals surface area contributed by atoms with Crippen LogP contribution in [0.2, 0.25) is 0 Å². The van der Waals surface area contributed by atoms with E-state index in [1.807, 2.05) is 56.3 Å². The molecule has 4 aromatic rings. The number of carboxylic acids is 2. The minimum Gasteiger partial charge on any atom is -0.480 e. The maximum atomic E-state index is 13.4. The molecule has 4 rings (SSSR count). The van der Waals surface area contributed by atoms with Crippen molar-refractivity contribution in [3.63, 3.8) is 0 Å². The SMILES string of the molecule is Cc1cccc(-c2c(Cc3ccc(C)cc3-c3cccn(CC(=O)O)c3=O)ccn(CC(=O)O)c2=O)c1. The Bertz CT molecular complexity index is 1630. The Morgan fingerprint density at radius 2 is 1.38 bits per heavy atom. The van der Waals surface area contributed by atoms with Crippen LogP contribution in [0, 0.1) is 13.8 Å². The fourth-order valence-corrected chi connectivity index (χ4v) is 4.45. The average Bonchev–Trinajstić information content (AvgIpc) is 2.83. The third-order valence-corrected chi connectivity index (χ3v) is 6.13. The summed E-state index contributed by atoms with van der Waals surface area (Å²) in [6, 6.07) is 18.2. The first-order chi connectivity index (χ1) is 17.6. The molecule has 2 aromatic carbocycles. The van der Waals surface area contributed by atoms with Crippen molar-refractivity contribution < 1.29 is 19.8 Å². The average molecular weight is 499 g/mol. The van der Waals surface area contributed by atoms with Gasteiger partial charge in [-0.2, -0.15) is 0 Å². The van der Waals surface area contributed by atoms with Crippen LogP contribution in [0.25, 0.3) is 22.3 Å². The van der Waals surface area contributed by atoms with Gasteiger partial charge in [-0.3, -0.25) is 19.2 Å². The Morgan fingerprint density at radius 1 is 0.703 bits per heavy atom. The Kier molecular flexibility index (Phi) is 7.20. The van der Waals surface area contributed by atoms with E-state index in [2.05, 4.69) is 0 Å². The van der Waals surface area contributed by atoms with E-state index in [9.17, 15) is 29.4 Å². The first-order valence-electron chi connectivity index (χ1n) is 11.7. The lowest BCUT2D eigenvalue weighted by atomic mass is 9.91. The van der Waals surface area contributed by atoms with Gasteiger partial charge in [0.2, 0.25) is 0 Å². The molecule has 2 aromatic heterocycles. The first kappa shape index (κ1) is 25.4. The third kappa shape index (κ3) is 5.59. The third-order valence-electron chi connectivity index (χ3n) is 6.13. The Morgan fingerprint density at radius 3 is 2.05 bits per heavy atom. The molecule has 0 radical (unpaired) electrons. The van der Waals surface area contributed by atoms with Crippen LogP contribution in [-0.4, -0.2) is 31.3 Å². The van der Waals surface area contributed by atoms with E-state index in [1.54, 1.807) is 18.2 Å². The van der Waals surface area contributed by atoms with Crippen molar-refractivity contribution in [2.24, 2.45) is 0 Å². The van der Waals surface area contributed by atoms with E-state index >= 15 is 0 Å². The second kappa shape index (κ2) is 10.5. The number of nitrogens with zero attached hydrogens (tertiary/aromatic N) is 2. The summed E-state index contributed by atoms with van der Waals surface area (Å²) in [5.41, 5.74) is 4.58. The van der Waals surface area contributed by atoms with E-state index in [1.165, 1.54) is 17.0 Å². The number of aryl methyl sites for hydroxylation is 2. The number of pyridine rings is 2. The lowest BCUT2D eigenvalue weighted by Crippen LogP contribution is -2.26. The van der Waals surface area contributed by atoms with Crippen LogP contribution in [-0.2, 0) is 29.1 Å². The number of aliphatic carboxylic acids is 2. The molecule has 0 atom stereocenters. The predicted octanol–water partition coefficient (Wildman–Crippen LogP) is 3.72. The molecule has 0 spiro atoms. The van der Waals surface area contributed by atoms with Gasteiger partial charge in [-0.15, -0.1) is 0 Å². The number of carbonyl (C=O) groups is 2. The predicted molar refractivity (Wildman–Crippen MR) is 140 cm³/mol. The smallest absolute Gasteiger partial charge is 0.323 e. The monoisotopic (exact) mass is 498 g/mol. The molecule has 2 heterocycles. The summed E-state index contributed by atoms with van der Waals surface area (Å²) in [4.78, 5) is 49.1. The highest BCUT2D eigenvalue weighted by Gasteiger charge is 2.18. The van der Waals surface area contributed by atoms with Gasteiger partial charge < -0.3 is 19.3 Å². The molecule has 0 fully saturated rings. The van der Waals surface area contributed by atoms with Crippen LogP contribution >= 0.6 is 0 Å². The highest BCUT2D eigenvalue weighted by molar-refractivity contribution is 5.73. The van der Waals surface area contributed by atoms with Gasteiger partial charge in [0.15, 0.2) is 0 Å². The number of hydrogen-bond acceptors (Lipinski definition) is 4. The molecule has 37 heavy (non-hydrogen) atoms. The number of hydrogen-bond donors (Lipinski definition) is 2. The van der Waals surface area contributed by atoms with Crippen molar-refractivity contribution in [2.45, 2.75) is 33.4 Å². The normalized spacial score (nSPS) is 10.9. The van der Waals surface area contributed by atoms with Crippen molar-refractivity contribution in [1.82, 2.24) is 9.13 Å². The van der Waals surface area contributed by atoms with Crippen LogP contribution in [0.4, 0.5) is 0 Å². The molecule has 188 valence electrons. The lowest BCUT2D eigenvalue weighted by molar-refractivity contribution is -0.138. The molecule has 8 heteroatoms. The summed E-state index contributed by atoms with van der Waals surface area (Å²) in [5, 5.41) is 18.4. The van der Waals surface area contributed by atoms with Gasteiger partial charge in [0, 0.05) is 18.0 Å². The van der Waals surface area contributed by atoms with Gasteiger partial charge in [0.25, 0.3) is 11.1 Å². The Balaban J connectivity index is 1.89. The molecular weight excluding hydrogens is 472 g/mol. The zero-order chi connectivity index (χ0) is 26.7. The van der Waals surface area contributed by atoms with Crippen molar-refractivity contribution in [3.05, 3.63) is 116 Å². The number of aromatic nitrogens is 2. The summed E-state index contributed by atoms with van der Waals surface area (Å²) in [7, 11) is 0. The summed E-state index contributed by atoms with van der Waals surface area (Å²) < 4.78 is 2.32. The van der Waals surface area contributed by atoms with Gasteiger partial charge >= 0.3 is 11.9 Å². The molecule has 8 nitrogen and oxygen atoms in total. The Labute approximate surface area is 212 Å². The van der Waals surface area contributed by atoms with E-state index in [4.69, 9.17) is 0 Å². The lowest BCUT2D eigenvalue weighted by Gasteiger charge is -2.16. The summed E-state index contributed by atoms with van der Waals surface area (Å²) in [5.74, 6) is -2.24. The van der Waals surface area contributed by atoms with Gasteiger partial charge in [-0.1, -0.05) is 53.6 Å². The van der Waals surface area contributed by atoms with Gasteiger partial charge in [0.05, 0.1) is 5.56 Å². The highest BCUT2D eigenvalue weighted by Crippen LogP contribution is 2.28. The zero-order valence-corrected chi connectivity index (χ0v) is 20.5. The zero-order valence-electron chi connectivity index (χ0n) is 20.5. The molecule has 0 bridgehead atoms. The number of rotatable bonds is 8. The summed E-state index contributed by atoms with van der Waals surface area (Å²) in [6.45, 7) is 2.91. The maximum Gasteiger partial charge on any atom is 0.323 e. The molecule has 0 unspecified atom stereocenters. The fourth-order valence-electron chi connectivity index (χ4n) is 4.45. The second-order valence-corrected chi connectivity index (χ2v) is 9.00. The van der Waals surface area contributed by atoms with E-state index in [0.717, 1.165) is 21.3 Å². The van der Waals surface area contributed by atoms with Crippen LogP contribution in [0.3, 0.4) is 0 Å². The van der Waals surface area contributed by atoms with E-state index < -0.39 is 36.1 Å². The summed E-state index contributed by atoms with van der Waals surface area (Å²) in [6.07, 6.45) is 3.21. The minimum atomic E-state index is -1.12.